The van der Waals surface area contributed by atoms with Crippen molar-refractivity contribution in [3.05, 3.63) is 41.7 Å². The number of rotatable bonds is 6. The monoisotopic (exact) mass is 331 g/mol. The summed E-state index contributed by atoms with van der Waals surface area (Å²) in [5.41, 5.74) is 1.97. The van der Waals surface area contributed by atoms with Crippen LogP contribution >= 0.6 is 0 Å². The first-order chi connectivity index (χ1) is 11.6. The first-order valence-corrected chi connectivity index (χ1v) is 8.25. The number of nitrogens with zero attached hydrogens (tertiary/aromatic N) is 3. The van der Waals surface area contributed by atoms with Gasteiger partial charge in [0, 0.05) is 37.0 Å². The predicted molar refractivity (Wildman–Crippen MR) is 91.3 cm³/mol. The lowest BCUT2D eigenvalue weighted by Crippen LogP contribution is -2.28. The first-order valence-electron chi connectivity index (χ1n) is 8.25. The van der Waals surface area contributed by atoms with E-state index in [1.807, 2.05) is 36.1 Å². The zero-order valence-electron chi connectivity index (χ0n) is 14.5. The first kappa shape index (κ1) is 16.8. The molecule has 6 heteroatoms. The summed E-state index contributed by atoms with van der Waals surface area (Å²) in [5, 5.41) is 15.1. The van der Waals surface area contributed by atoms with Gasteiger partial charge in [-0.15, -0.1) is 0 Å². The van der Waals surface area contributed by atoms with Gasteiger partial charge >= 0.3 is 0 Å². The largest absolute Gasteiger partial charge is 0.497 e. The van der Waals surface area contributed by atoms with E-state index in [1.165, 1.54) is 5.56 Å². The Kier molecular flexibility index (Phi) is 5.06. The van der Waals surface area contributed by atoms with E-state index in [9.17, 15) is 5.11 Å². The summed E-state index contributed by atoms with van der Waals surface area (Å²) in [5.74, 6) is 1.40. The molecular formula is C18H25N3O3. The van der Waals surface area contributed by atoms with E-state index in [4.69, 9.17) is 9.47 Å². The molecule has 0 bridgehead atoms. The lowest BCUT2D eigenvalue weighted by molar-refractivity contribution is 0.104. The summed E-state index contributed by atoms with van der Waals surface area (Å²) in [7, 11) is 5.17. The molecule has 6 nitrogen and oxygen atoms in total. The van der Waals surface area contributed by atoms with Gasteiger partial charge in [-0.05, 0) is 37.6 Å². The molecule has 1 saturated heterocycles. The summed E-state index contributed by atoms with van der Waals surface area (Å²) >= 11 is 0. The number of benzene rings is 1. The number of hydrogen-bond acceptors (Lipinski definition) is 5. The molecule has 0 saturated carbocycles. The summed E-state index contributed by atoms with van der Waals surface area (Å²) in [6.45, 7) is 1.53. The van der Waals surface area contributed by atoms with E-state index in [0.717, 1.165) is 30.7 Å². The van der Waals surface area contributed by atoms with Gasteiger partial charge in [0.15, 0.2) is 0 Å². The summed E-state index contributed by atoms with van der Waals surface area (Å²) in [6.07, 6.45) is 5.56. The molecule has 0 unspecified atom stereocenters. The number of hydrogen-bond donors (Lipinski definition) is 1. The molecule has 1 fully saturated rings. The highest BCUT2D eigenvalue weighted by Crippen LogP contribution is 2.35. The van der Waals surface area contributed by atoms with Crippen LogP contribution in [0, 0.1) is 0 Å². The van der Waals surface area contributed by atoms with Crippen LogP contribution in [0.25, 0.3) is 0 Å². The fourth-order valence-corrected chi connectivity index (χ4v) is 3.45. The molecule has 1 aliphatic heterocycles. The predicted octanol–water partition coefficient (Wildman–Crippen LogP) is 2.31. The normalized spacial score (nSPS) is 19.4. The number of aliphatic hydroxyl groups is 1. The van der Waals surface area contributed by atoms with Crippen molar-refractivity contribution in [2.45, 2.75) is 25.0 Å². The number of aliphatic hydroxyl groups excluding tert-OH is 1. The second kappa shape index (κ2) is 7.23. The Labute approximate surface area is 142 Å². The van der Waals surface area contributed by atoms with Gasteiger partial charge in [0.25, 0.3) is 0 Å². The maximum atomic E-state index is 10.8. The lowest BCUT2D eigenvalue weighted by Gasteiger charge is -2.27. The number of methoxy groups -OCH3 is 2. The lowest BCUT2D eigenvalue weighted by atomic mass is 10.1. The molecule has 2 atom stereocenters. The van der Waals surface area contributed by atoms with Crippen LogP contribution < -0.4 is 9.47 Å². The SMILES string of the molecule is COc1ccc(OC)c([C@@H](O)CN2CCC[C@@H]2c2cnn(C)c2)c1. The highest BCUT2D eigenvalue weighted by Gasteiger charge is 2.29. The third-order valence-electron chi connectivity index (χ3n) is 4.68. The molecule has 0 spiro atoms. The van der Waals surface area contributed by atoms with Crippen molar-refractivity contribution in [2.24, 2.45) is 7.05 Å². The van der Waals surface area contributed by atoms with Crippen LogP contribution in [-0.4, -0.2) is 47.1 Å². The minimum absolute atomic E-state index is 0.310. The minimum atomic E-state index is -0.632. The smallest absolute Gasteiger partial charge is 0.124 e. The minimum Gasteiger partial charge on any atom is -0.497 e. The average Bonchev–Trinajstić information content (AvgIpc) is 3.22. The van der Waals surface area contributed by atoms with Gasteiger partial charge in [-0.3, -0.25) is 9.58 Å². The second-order valence-electron chi connectivity index (χ2n) is 6.22. The van der Waals surface area contributed by atoms with Gasteiger partial charge in [-0.2, -0.15) is 5.10 Å². The molecule has 3 rings (SSSR count). The molecule has 1 aromatic carbocycles. The molecular weight excluding hydrogens is 306 g/mol. The van der Waals surface area contributed by atoms with Crippen LogP contribution in [0.4, 0.5) is 0 Å². The fourth-order valence-electron chi connectivity index (χ4n) is 3.45. The van der Waals surface area contributed by atoms with Crippen LogP contribution in [0.3, 0.4) is 0 Å². The Morgan fingerprint density at radius 1 is 1.33 bits per heavy atom. The van der Waals surface area contributed by atoms with Crippen LogP contribution in [0.5, 0.6) is 11.5 Å². The van der Waals surface area contributed by atoms with Crippen LogP contribution in [0.1, 0.15) is 36.1 Å². The standard InChI is InChI=1S/C18H25N3O3/c1-20-11-13(10-19-20)16-5-4-8-21(16)12-17(22)15-9-14(23-2)6-7-18(15)24-3/h6-7,9-11,16-17,22H,4-5,8,12H2,1-3H3/t16-,17+/m1/s1. The van der Waals surface area contributed by atoms with Crippen LogP contribution in [0.2, 0.25) is 0 Å². The summed E-state index contributed by atoms with van der Waals surface area (Å²) < 4.78 is 12.5. The van der Waals surface area contributed by atoms with E-state index < -0.39 is 6.10 Å². The molecule has 1 aromatic heterocycles. The third-order valence-corrected chi connectivity index (χ3v) is 4.68. The van der Waals surface area contributed by atoms with Gasteiger partial charge in [-0.25, -0.2) is 0 Å². The maximum absolute atomic E-state index is 10.8. The number of aromatic nitrogens is 2. The van der Waals surface area contributed by atoms with Gasteiger partial charge in [0.05, 0.1) is 26.5 Å². The molecule has 0 amide bonds. The zero-order valence-corrected chi connectivity index (χ0v) is 14.5. The molecule has 24 heavy (non-hydrogen) atoms. The molecule has 2 heterocycles. The number of ether oxygens (including phenoxy) is 2. The van der Waals surface area contributed by atoms with Crippen molar-refractivity contribution < 1.29 is 14.6 Å². The molecule has 1 N–H and O–H groups in total. The van der Waals surface area contributed by atoms with Crippen LogP contribution in [0.15, 0.2) is 30.6 Å². The second-order valence-corrected chi connectivity index (χ2v) is 6.22. The Morgan fingerprint density at radius 2 is 2.17 bits per heavy atom. The van der Waals surface area contributed by atoms with Gasteiger partial charge in [-0.1, -0.05) is 0 Å². The van der Waals surface area contributed by atoms with Crippen molar-refractivity contribution in [3.63, 3.8) is 0 Å². The van der Waals surface area contributed by atoms with E-state index in [-0.39, 0.29) is 0 Å². The topological polar surface area (TPSA) is 59.8 Å². The van der Waals surface area contributed by atoms with Crippen molar-refractivity contribution in [2.75, 3.05) is 27.3 Å². The number of β-amino-alcohol motifs (C(OH)–C–C–N with tert-alkyl or cyclic N) is 1. The van der Waals surface area contributed by atoms with Crippen LogP contribution in [-0.2, 0) is 7.05 Å². The maximum Gasteiger partial charge on any atom is 0.124 e. The quantitative estimate of drug-likeness (QED) is 0.880. The molecule has 2 aromatic rings. The third kappa shape index (κ3) is 3.39. The Hall–Kier alpha value is -2.05. The molecule has 130 valence electrons. The summed E-state index contributed by atoms with van der Waals surface area (Å²) in [6, 6.07) is 5.83. The van der Waals surface area contributed by atoms with Crippen molar-refractivity contribution in [3.8, 4) is 11.5 Å². The van der Waals surface area contributed by atoms with Crippen molar-refractivity contribution >= 4 is 0 Å². The Balaban J connectivity index is 1.77. The van der Waals surface area contributed by atoms with Gasteiger partial charge in [0.2, 0.25) is 0 Å². The van der Waals surface area contributed by atoms with Gasteiger partial charge in [0.1, 0.15) is 11.5 Å². The fraction of sp³-hybridized carbons (Fsp3) is 0.500. The highest BCUT2D eigenvalue weighted by molar-refractivity contribution is 5.41. The molecule has 1 aliphatic rings. The number of aryl methyl sites for hydroxylation is 1. The molecule has 0 radical (unpaired) electrons. The van der Waals surface area contributed by atoms with E-state index in [2.05, 4.69) is 16.2 Å². The van der Waals surface area contributed by atoms with E-state index in [1.54, 1.807) is 14.2 Å². The van der Waals surface area contributed by atoms with Crippen molar-refractivity contribution in [1.82, 2.24) is 14.7 Å². The Morgan fingerprint density at radius 3 is 2.83 bits per heavy atom. The summed E-state index contributed by atoms with van der Waals surface area (Å²) in [4.78, 5) is 2.32. The van der Waals surface area contributed by atoms with E-state index in [0.29, 0.717) is 18.3 Å². The average molecular weight is 331 g/mol. The zero-order chi connectivity index (χ0) is 17.1. The molecule has 0 aliphatic carbocycles. The Bertz CT molecular complexity index is 686. The highest BCUT2D eigenvalue weighted by atomic mass is 16.5. The van der Waals surface area contributed by atoms with Gasteiger partial charge < -0.3 is 14.6 Å². The van der Waals surface area contributed by atoms with Crippen molar-refractivity contribution in [1.29, 1.82) is 0 Å². The van der Waals surface area contributed by atoms with E-state index >= 15 is 0 Å². The number of likely N-dealkylation sites (tertiary alicyclic amines) is 1.